The number of nitrogens with one attached hydrogen (secondary N) is 1. The van der Waals surface area contributed by atoms with E-state index < -0.39 is 10.2 Å². The Kier molecular flexibility index (Phi) is 6.64. The lowest BCUT2D eigenvalue weighted by molar-refractivity contribution is 0.0705. The van der Waals surface area contributed by atoms with Crippen LogP contribution in [0.2, 0.25) is 0 Å². The molecule has 1 atom stereocenters. The predicted octanol–water partition coefficient (Wildman–Crippen LogP) is 0.0184. The summed E-state index contributed by atoms with van der Waals surface area (Å²) in [5, 5.41) is 3.39. The van der Waals surface area contributed by atoms with Gasteiger partial charge in [-0.05, 0) is 19.4 Å². The second kappa shape index (κ2) is 8.78. The molecular formula is C17H30N6O3S. The SMILES string of the molecule is CN(C)c1cc(CN(C)S(=O)(=O)N2CCOCC2)nc([C@@H]2CCCNC2)n1. The maximum atomic E-state index is 12.8. The van der Waals surface area contributed by atoms with Crippen LogP contribution < -0.4 is 10.2 Å². The van der Waals surface area contributed by atoms with Gasteiger partial charge in [0.15, 0.2) is 0 Å². The lowest BCUT2D eigenvalue weighted by Gasteiger charge is -2.30. The van der Waals surface area contributed by atoms with Gasteiger partial charge in [-0.2, -0.15) is 17.0 Å². The Morgan fingerprint density at radius 3 is 2.63 bits per heavy atom. The average Bonchev–Trinajstić information content (AvgIpc) is 2.69. The summed E-state index contributed by atoms with van der Waals surface area (Å²) in [7, 11) is 1.94. The van der Waals surface area contributed by atoms with E-state index in [9.17, 15) is 8.42 Å². The third kappa shape index (κ3) is 4.94. The van der Waals surface area contributed by atoms with Gasteiger partial charge in [0.2, 0.25) is 0 Å². The molecule has 1 aromatic rings. The van der Waals surface area contributed by atoms with Crippen LogP contribution in [0.5, 0.6) is 0 Å². The summed E-state index contributed by atoms with van der Waals surface area (Å²) >= 11 is 0. The molecule has 0 unspecified atom stereocenters. The maximum Gasteiger partial charge on any atom is 0.282 e. The summed E-state index contributed by atoms with van der Waals surface area (Å²) in [5.74, 6) is 1.86. The van der Waals surface area contributed by atoms with Crippen molar-refractivity contribution >= 4 is 16.0 Å². The summed E-state index contributed by atoms with van der Waals surface area (Å²) in [6, 6.07) is 1.87. The molecular weight excluding hydrogens is 368 g/mol. The van der Waals surface area contributed by atoms with Crippen molar-refractivity contribution in [3.63, 3.8) is 0 Å². The fourth-order valence-electron chi connectivity index (χ4n) is 3.35. The monoisotopic (exact) mass is 398 g/mol. The first-order valence-corrected chi connectivity index (χ1v) is 10.8. The van der Waals surface area contributed by atoms with Crippen molar-refractivity contribution in [1.29, 1.82) is 0 Å². The number of hydrogen-bond acceptors (Lipinski definition) is 7. The number of hydrogen-bond donors (Lipinski definition) is 1. The van der Waals surface area contributed by atoms with Crippen molar-refractivity contribution in [3.05, 3.63) is 17.6 Å². The first kappa shape index (κ1) is 20.4. The zero-order valence-corrected chi connectivity index (χ0v) is 17.2. The van der Waals surface area contributed by atoms with E-state index >= 15 is 0 Å². The minimum atomic E-state index is -3.53. The highest BCUT2D eigenvalue weighted by molar-refractivity contribution is 7.86. The molecule has 0 aromatic carbocycles. The molecule has 2 aliphatic heterocycles. The van der Waals surface area contributed by atoms with Gasteiger partial charge >= 0.3 is 0 Å². The van der Waals surface area contributed by atoms with Crippen molar-refractivity contribution in [2.75, 3.05) is 65.4 Å². The molecule has 10 heteroatoms. The standard InChI is InChI=1S/C17H30N6O3S/c1-21(2)16-11-15(19-17(20-16)14-5-4-6-18-12-14)13-22(3)27(24,25)23-7-9-26-10-8-23/h11,14,18H,4-10,12-13H2,1-3H3/t14-/m1/s1. The van der Waals surface area contributed by atoms with Gasteiger partial charge < -0.3 is 15.0 Å². The second-order valence-electron chi connectivity index (χ2n) is 7.29. The number of rotatable bonds is 6. The molecule has 152 valence electrons. The summed E-state index contributed by atoms with van der Waals surface area (Å²) in [6.45, 7) is 3.75. The molecule has 2 saturated heterocycles. The van der Waals surface area contributed by atoms with Gasteiger partial charge in [0.25, 0.3) is 10.2 Å². The highest BCUT2D eigenvalue weighted by Gasteiger charge is 2.29. The molecule has 0 aliphatic carbocycles. The Balaban J connectivity index is 1.81. The molecule has 1 N–H and O–H groups in total. The number of nitrogens with zero attached hydrogens (tertiary/aromatic N) is 5. The Hall–Kier alpha value is -1.33. The van der Waals surface area contributed by atoms with Gasteiger partial charge in [-0.15, -0.1) is 0 Å². The van der Waals surface area contributed by atoms with Crippen molar-refractivity contribution in [2.45, 2.75) is 25.3 Å². The predicted molar refractivity (Wildman–Crippen MR) is 104 cm³/mol. The fraction of sp³-hybridized carbons (Fsp3) is 0.765. The van der Waals surface area contributed by atoms with Crippen LogP contribution in [0, 0.1) is 0 Å². The van der Waals surface area contributed by atoms with Crippen LogP contribution in [0.15, 0.2) is 6.07 Å². The fourth-order valence-corrected chi connectivity index (χ4v) is 4.65. The highest BCUT2D eigenvalue weighted by Crippen LogP contribution is 2.23. The van der Waals surface area contributed by atoms with E-state index in [1.807, 2.05) is 25.1 Å². The van der Waals surface area contributed by atoms with Crippen LogP contribution in [0.25, 0.3) is 0 Å². The smallest absolute Gasteiger partial charge is 0.282 e. The van der Waals surface area contributed by atoms with Crippen molar-refractivity contribution in [1.82, 2.24) is 23.9 Å². The molecule has 9 nitrogen and oxygen atoms in total. The van der Waals surface area contributed by atoms with E-state index in [1.165, 1.54) is 8.61 Å². The average molecular weight is 399 g/mol. The van der Waals surface area contributed by atoms with Gasteiger partial charge in [-0.3, -0.25) is 0 Å². The minimum absolute atomic E-state index is 0.218. The number of anilines is 1. The largest absolute Gasteiger partial charge is 0.379 e. The van der Waals surface area contributed by atoms with Gasteiger partial charge in [0.1, 0.15) is 11.6 Å². The van der Waals surface area contributed by atoms with Crippen LogP contribution in [-0.4, -0.2) is 87.5 Å². The van der Waals surface area contributed by atoms with Crippen LogP contribution in [0.3, 0.4) is 0 Å². The summed E-state index contributed by atoms with van der Waals surface area (Å²) in [6.07, 6.45) is 2.14. The number of ether oxygens (including phenoxy) is 1. The second-order valence-corrected chi connectivity index (χ2v) is 9.32. The zero-order valence-electron chi connectivity index (χ0n) is 16.4. The van der Waals surface area contributed by atoms with Crippen molar-refractivity contribution < 1.29 is 13.2 Å². The third-order valence-electron chi connectivity index (χ3n) is 4.98. The molecule has 2 aliphatic rings. The van der Waals surface area contributed by atoms with E-state index in [4.69, 9.17) is 14.7 Å². The van der Waals surface area contributed by atoms with Gasteiger partial charge in [0.05, 0.1) is 25.5 Å². The topological polar surface area (TPSA) is 90.9 Å². The highest BCUT2D eigenvalue weighted by atomic mass is 32.2. The Morgan fingerprint density at radius 1 is 1.26 bits per heavy atom. The van der Waals surface area contributed by atoms with Crippen molar-refractivity contribution in [2.24, 2.45) is 0 Å². The molecule has 27 heavy (non-hydrogen) atoms. The van der Waals surface area contributed by atoms with E-state index in [1.54, 1.807) is 7.05 Å². The number of morpholine rings is 1. The lowest BCUT2D eigenvalue weighted by atomic mass is 9.99. The quantitative estimate of drug-likeness (QED) is 0.722. The Morgan fingerprint density at radius 2 is 2.00 bits per heavy atom. The summed E-state index contributed by atoms with van der Waals surface area (Å²) in [4.78, 5) is 11.3. The third-order valence-corrected chi connectivity index (χ3v) is 6.91. The van der Waals surface area contributed by atoms with Crippen molar-refractivity contribution in [3.8, 4) is 0 Å². The summed E-state index contributed by atoms with van der Waals surface area (Å²) in [5.41, 5.74) is 0.716. The molecule has 0 bridgehead atoms. The Labute approximate surface area is 161 Å². The molecule has 0 amide bonds. The van der Waals surface area contributed by atoms with Gasteiger partial charge in [-0.25, -0.2) is 9.97 Å². The van der Waals surface area contributed by atoms with E-state index in [-0.39, 0.29) is 12.5 Å². The molecule has 0 radical (unpaired) electrons. The molecule has 2 fully saturated rings. The molecule has 3 heterocycles. The van der Waals surface area contributed by atoms with Crippen LogP contribution in [-0.2, 0) is 21.5 Å². The zero-order chi connectivity index (χ0) is 19.4. The maximum absolute atomic E-state index is 12.8. The Bertz CT molecular complexity index is 730. The summed E-state index contributed by atoms with van der Waals surface area (Å²) < 4.78 is 33.7. The first-order chi connectivity index (χ1) is 12.9. The lowest BCUT2D eigenvalue weighted by Crippen LogP contribution is -2.47. The minimum Gasteiger partial charge on any atom is -0.379 e. The van der Waals surface area contributed by atoms with E-state index in [0.717, 1.165) is 37.6 Å². The molecule has 0 saturated carbocycles. The normalized spacial score (nSPS) is 22.1. The molecule has 0 spiro atoms. The number of piperidine rings is 1. The van der Waals surface area contributed by atoms with Crippen LogP contribution in [0.1, 0.15) is 30.3 Å². The van der Waals surface area contributed by atoms with Gasteiger partial charge in [-0.1, -0.05) is 0 Å². The van der Waals surface area contributed by atoms with E-state index in [2.05, 4.69) is 5.32 Å². The van der Waals surface area contributed by atoms with E-state index in [0.29, 0.717) is 32.0 Å². The van der Waals surface area contributed by atoms with Crippen LogP contribution in [0.4, 0.5) is 5.82 Å². The molecule has 3 rings (SSSR count). The van der Waals surface area contributed by atoms with Crippen LogP contribution >= 0.6 is 0 Å². The first-order valence-electron chi connectivity index (χ1n) is 9.43. The number of aromatic nitrogens is 2. The van der Waals surface area contributed by atoms with Gasteiger partial charge in [0, 0.05) is 52.8 Å². The molecule has 1 aromatic heterocycles.